The number of aryl methyl sites for hydroxylation is 1. The number of hydrogen-bond acceptors (Lipinski definition) is 2. The fraction of sp³-hybridized carbons (Fsp3) is 0.571. The van der Waals surface area contributed by atoms with Crippen molar-refractivity contribution in [2.24, 2.45) is 0 Å². The fourth-order valence-corrected chi connectivity index (χ4v) is 4.21. The van der Waals surface area contributed by atoms with Gasteiger partial charge in [0.15, 0.2) is 12.4 Å². The molecule has 1 heterocycles. The summed E-state index contributed by atoms with van der Waals surface area (Å²) >= 11 is 6.50. The average Bonchev–Trinajstić information content (AvgIpc) is 2.81. The van der Waals surface area contributed by atoms with Gasteiger partial charge in [-0.25, -0.2) is 4.57 Å². The number of pyridine rings is 1. The first-order valence-electron chi connectivity index (χ1n) is 12.7. The number of aromatic nitrogens is 1. The molecule has 190 valence electrons. The Labute approximate surface area is 229 Å². The molecule has 0 aliphatic rings. The van der Waals surface area contributed by atoms with Gasteiger partial charge in [0.25, 0.3) is 0 Å². The van der Waals surface area contributed by atoms with E-state index in [2.05, 4.69) is 24.6 Å². The number of nitrogens with zero attached hydrogens (tertiary/aromatic N) is 2. The predicted octanol–water partition coefficient (Wildman–Crippen LogP) is 4.50. The Balaban J connectivity index is 0.00000578. The van der Waals surface area contributed by atoms with Gasteiger partial charge in [0.2, 0.25) is 5.91 Å². The topological polar surface area (TPSA) is 33.4 Å². The molecule has 0 spiro atoms. The van der Waals surface area contributed by atoms with Crippen molar-refractivity contribution < 1.29 is 38.1 Å². The highest BCUT2D eigenvalue weighted by atomic mass is 127. The number of ether oxygens (including phenoxy) is 1. The third kappa shape index (κ3) is 11.4. The van der Waals surface area contributed by atoms with Gasteiger partial charge in [0, 0.05) is 24.2 Å². The van der Waals surface area contributed by atoms with Crippen LogP contribution in [0.3, 0.4) is 0 Å². The molecule has 0 fully saturated rings. The molecular weight excluding hydrogens is 559 g/mol. The fourth-order valence-electron chi connectivity index (χ4n) is 3.98. The van der Waals surface area contributed by atoms with Crippen molar-refractivity contribution in [2.75, 3.05) is 11.5 Å². The molecule has 0 saturated heterocycles. The highest BCUT2D eigenvalue weighted by Crippen LogP contribution is 2.30. The van der Waals surface area contributed by atoms with E-state index in [0.717, 1.165) is 24.2 Å². The normalized spacial score (nSPS) is 10.6. The standard InChI is InChI=1S/C28H42ClN2O2.HI/c1-4-6-7-8-9-10-11-12-13-14-20-33-28-18-17-26(21-27(28)29)31(24(3)32)23-25-16-15-19-30(5-2)22-25;/h15-19,21-22H,4-14,20,23H2,1-3H3;1H/q+1;/p-1. The zero-order valence-electron chi connectivity index (χ0n) is 21.2. The molecule has 1 amide bonds. The van der Waals surface area contributed by atoms with Gasteiger partial charge in [-0.3, -0.25) is 4.79 Å². The summed E-state index contributed by atoms with van der Waals surface area (Å²) in [4.78, 5) is 14.1. The maximum absolute atomic E-state index is 12.3. The first-order chi connectivity index (χ1) is 16.0. The average molecular weight is 601 g/mol. The number of hydrogen-bond donors (Lipinski definition) is 0. The monoisotopic (exact) mass is 600 g/mol. The lowest BCUT2D eigenvalue weighted by Crippen LogP contribution is -3.00. The van der Waals surface area contributed by atoms with E-state index in [4.69, 9.17) is 16.3 Å². The molecule has 0 atom stereocenters. The van der Waals surface area contributed by atoms with Crippen LogP contribution < -0.4 is 38.2 Å². The molecule has 4 nitrogen and oxygen atoms in total. The number of halogens is 2. The molecule has 0 N–H and O–H groups in total. The minimum Gasteiger partial charge on any atom is -1.00 e. The molecule has 1 aromatic carbocycles. The van der Waals surface area contributed by atoms with E-state index < -0.39 is 0 Å². The van der Waals surface area contributed by atoms with Gasteiger partial charge in [-0.05, 0) is 37.6 Å². The van der Waals surface area contributed by atoms with E-state index in [1.165, 1.54) is 57.8 Å². The molecule has 6 heteroatoms. The van der Waals surface area contributed by atoms with Crippen molar-refractivity contribution in [3.63, 3.8) is 0 Å². The smallest absolute Gasteiger partial charge is 0.224 e. The van der Waals surface area contributed by atoms with E-state index in [1.807, 2.05) is 36.5 Å². The molecule has 0 unspecified atom stereocenters. The van der Waals surface area contributed by atoms with Gasteiger partial charge >= 0.3 is 0 Å². The van der Waals surface area contributed by atoms with Crippen molar-refractivity contribution in [1.29, 1.82) is 0 Å². The summed E-state index contributed by atoms with van der Waals surface area (Å²) in [5, 5.41) is 0.544. The first kappa shape index (κ1) is 30.7. The Morgan fingerprint density at radius 3 is 2.21 bits per heavy atom. The summed E-state index contributed by atoms with van der Waals surface area (Å²) in [6.07, 6.45) is 17.1. The van der Waals surface area contributed by atoms with E-state index >= 15 is 0 Å². The molecule has 0 aliphatic heterocycles. The molecule has 2 aromatic rings. The Morgan fingerprint density at radius 2 is 1.62 bits per heavy atom. The van der Waals surface area contributed by atoms with Crippen LogP contribution in [0.15, 0.2) is 42.7 Å². The number of carbonyl (C=O) groups is 1. The SMILES string of the molecule is CCCCCCCCCCCCOc1ccc(N(Cc2ccc[n+](CC)c2)C(C)=O)cc1Cl.[I-]. The van der Waals surface area contributed by atoms with Crippen LogP contribution in [-0.2, 0) is 17.9 Å². The number of unbranched alkanes of at least 4 members (excludes halogenated alkanes) is 9. The third-order valence-corrected chi connectivity index (χ3v) is 6.28. The number of amides is 1. The Morgan fingerprint density at radius 1 is 0.971 bits per heavy atom. The van der Waals surface area contributed by atoms with Crippen LogP contribution in [0, 0.1) is 0 Å². The summed E-state index contributed by atoms with van der Waals surface area (Å²) in [6.45, 7) is 8.02. The van der Waals surface area contributed by atoms with E-state index in [0.29, 0.717) is 23.9 Å². The minimum atomic E-state index is -0.0167. The van der Waals surface area contributed by atoms with Crippen molar-refractivity contribution in [3.8, 4) is 5.75 Å². The van der Waals surface area contributed by atoms with Gasteiger partial charge in [-0.15, -0.1) is 0 Å². The minimum absolute atomic E-state index is 0. The summed E-state index contributed by atoms with van der Waals surface area (Å²) in [6, 6.07) is 9.66. The van der Waals surface area contributed by atoms with Crippen LogP contribution >= 0.6 is 11.6 Å². The van der Waals surface area contributed by atoms with Gasteiger partial charge in [0.05, 0.1) is 18.2 Å². The molecule has 2 rings (SSSR count). The number of anilines is 1. The van der Waals surface area contributed by atoms with Gasteiger partial charge in [0.1, 0.15) is 12.3 Å². The van der Waals surface area contributed by atoms with Crippen LogP contribution in [0.2, 0.25) is 5.02 Å². The summed E-state index contributed by atoms with van der Waals surface area (Å²) in [5.41, 5.74) is 1.86. The van der Waals surface area contributed by atoms with Crippen LogP contribution in [0.1, 0.15) is 90.5 Å². The van der Waals surface area contributed by atoms with Gasteiger partial charge in [-0.1, -0.05) is 76.3 Å². The van der Waals surface area contributed by atoms with Gasteiger partial charge in [-0.2, -0.15) is 0 Å². The predicted molar refractivity (Wildman–Crippen MR) is 138 cm³/mol. The first-order valence-corrected chi connectivity index (χ1v) is 13.1. The Kier molecular flexibility index (Phi) is 16.2. The molecule has 0 bridgehead atoms. The summed E-state index contributed by atoms with van der Waals surface area (Å²) in [5.74, 6) is 0.667. The third-order valence-electron chi connectivity index (χ3n) is 5.99. The second-order valence-corrected chi connectivity index (χ2v) is 9.20. The number of carbonyl (C=O) groups excluding carboxylic acids is 1. The molecule has 34 heavy (non-hydrogen) atoms. The Hall–Kier alpha value is -1.34. The second kappa shape index (κ2) is 18.0. The molecule has 1 aromatic heterocycles. The quantitative estimate of drug-likeness (QED) is 0.162. The lowest BCUT2D eigenvalue weighted by Gasteiger charge is -2.21. The van der Waals surface area contributed by atoms with Crippen LogP contribution in [0.25, 0.3) is 0 Å². The van der Waals surface area contributed by atoms with E-state index in [1.54, 1.807) is 11.8 Å². The number of benzene rings is 1. The maximum atomic E-state index is 12.3. The summed E-state index contributed by atoms with van der Waals surface area (Å²) < 4.78 is 8.02. The molecule has 0 saturated carbocycles. The van der Waals surface area contributed by atoms with Gasteiger partial charge < -0.3 is 33.6 Å². The van der Waals surface area contributed by atoms with Crippen molar-refractivity contribution >= 4 is 23.2 Å². The second-order valence-electron chi connectivity index (χ2n) is 8.79. The molecule has 0 aliphatic carbocycles. The largest absolute Gasteiger partial charge is 1.00 e. The summed E-state index contributed by atoms with van der Waals surface area (Å²) in [7, 11) is 0. The van der Waals surface area contributed by atoms with Crippen molar-refractivity contribution in [2.45, 2.75) is 98.1 Å². The zero-order chi connectivity index (χ0) is 23.9. The zero-order valence-corrected chi connectivity index (χ0v) is 24.1. The lowest BCUT2D eigenvalue weighted by atomic mass is 10.1. The van der Waals surface area contributed by atoms with Crippen LogP contribution in [0.4, 0.5) is 5.69 Å². The number of rotatable bonds is 16. The highest BCUT2D eigenvalue weighted by molar-refractivity contribution is 6.32. The lowest BCUT2D eigenvalue weighted by molar-refractivity contribution is -0.693. The maximum Gasteiger partial charge on any atom is 0.224 e. The van der Waals surface area contributed by atoms with E-state index in [9.17, 15) is 4.79 Å². The molecule has 0 radical (unpaired) electrons. The van der Waals surface area contributed by atoms with Crippen molar-refractivity contribution in [1.82, 2.24) is 0 Å². The van der Waals surface area contributed by atoms with Crippen molar-refractivity contribution in [3.05, 3.63) is 53.3 Å². The van der Waals surface area contributed by atoms with E-state index in [-0.39, 0.29) is 29.9 Å². The van der Waals surface area contributed by atoms with Crippen LogP contribution in [0.5, 0.6) is 5.75 Å². The molecular formula is C28H42ClIN2O2. The van der Waals surface area contributed by atoms with Crippen LogP contribution in [-0.4, -0.2) is 12.5 Å². The Bertz CT molecular complexity index is 847. The highest BCUT2D eigenvalue weighted by Gasteiger charge is 2.16.